The van der Waals surface area contributed by atoms with Gasteiger partial charge in [-0.15, -0.1) is 11.3 Å². The molecule has 0 saturated heterocycles. The normalized spacial score (nSPS) is 12.8. The Morgan fingerprint density at radius 2 is 0.912 bits per heavy atom. The van der Waals surface area contributed by atoms with Crippen LogP contribution in [0.25, 0.3) is 87.5 Å². The fourth-order valence-electron chi connectivity index (χ4n) is 8.90. The molecule has 8 aromatic carbocycles. The molecule has 0 atom stereocenters. The monoisotopic (exact) mass is 744 g/mol. The number of thiophene rings is 1. The Labute approximate surface area is 336 Å². The summed E-state index contributed by atoms with van der Waals surface area (Å²) >= 11 is 1.86. The van der Waals surface area contributed by atoms with Gasteiger partial charge in [0.05, 0.1) is 11.4 Å². The summed E-state index contributed by atoms with van der Waals surface area (Å²) in [6.07, 6.45) is 0. The molecule has 0 radical (unpaired) electrons. The summed E-state index contributed by atoms with van der Waals surface area (Å²) in [6, 6.07) is 72.2. The van der Waals surface area contributed by atoms with Crippen molar-refractivity contribution in [3.05, 3.63) is 217 Å². The highest BCUT2D eigenvalue weighted by atomic mass is 32.1. The summed E-state index contributed by atoms with van der Waals surface area (Å²) in [5, 5.41) is 2.60. The highest BCUT2D eigenvalue weighted by Gasteiger charge is 2.40. The van der Waals surface area contributed by atoms with E-state index >= 15 is 0 Å². The molecule has 1 aliphatic rings. The van der Waals surface area contributed by atoms with Crippen molar-refractivity contribution in [3.8, 4) is 67.3 Å². The molecule has 0 bridgehead atoms. The number of hydrogen-bond acceptors (Lipinski definition) is 3. The second kappa shape index (κ2) is 13.4. The maximum absolute atomic E-state index is 5.19. The van der Waals surface area contributed by atoms with E-state index in [1.807, 2.05) is 29.5 Å². The molecule has 57 heavy (non-hydrogen) atoms. The third-order valence-corrected chi connectivity index (χ3v) is 13.0. The quantitative estimate of drug-likeness (QED) is 0.169. The van der Waals surface area contributed by atoms with E-state index in [1.165, 1.54) is 64.7 Å². The van der Waals surface area contributed by atoms with Crippen LogP contribution in [0.4, 0.5) is 0 Å². The van der Waals surface area contributed by atoms with E-state index in [1.54, 1.807) is 0 Å². The Bertz CT molecular complexity index is 3090. The molecule has 10 aromatic rings. The van der Waals surface area contributed by atoms with Gasteiger partial charge in [0, 0.05) is 42.3 Å². The third-order valence-electron chi connectivity index (χ3n) is 11.8. The molecule has 268 valence electrons. The van der Waals surface area contributed by atoms with Gasteiger partial charge < -0.3 is 0 Å². The van der Waals surface area contributed by atoms with Crippen LogP contribution in [0.2, 0.25) is 0 Å². The molecular formula is C54H36N2S. The molecule has 2 nitrogen and oxygen atoms in total. The first-order valence-electron chi connectivity index (χ1n) is 19.5. The largest absolute Gasteiger partial charge is 0.228 e. The highest BCUT2D eigenvalue weighted by Crippen LogP contribution is 2.52. The van der Waals surface area contributed by atoms with E-state index in [9.17, 15) is 0 Å². The van der Waals surface area contributed by atoms with Crippen LogP contribution in [-0.2, 0) is 5.41 Å². The fraction of sp³-hybridized carbons (Fsp3) is 0.0370. The Balaban J connectivity index is 0.982. The summed E-state index contributed by atoms with van der Waals surface area (Å²) in [4.78, 5) is 10.4. The van der Waals surface area contributed by atoms with Crippen LogP contribution < -0.4 is 0 Å². The smallest absolute Gasteiger partial charge is 0.160 e. The summed E-state index contributed by atoms with van der Waals surface area (Å²) in [5.41, 5.74) is 16.0. The van der Waals surface area contributed by atoms with E-state index in [4.69, 9.17) is 9.97 Å². The summed E-state index contributed by atoms with van der Waals surface area (Å²) in [7, 11) is 0. The van der Waals surface area contributed by atoms with Gasteiger partial charge in [0.1, 0.15) is 0 Å². The predicted octanol–water partition coefficient (Wildman–Crippen LogP) is 14.5. The lowest BCUT2D eigenvalue weighted by atomic mass is 9.74. The van der Waals surface area contributed by atoms with E-state index in [0.29, 0.717) is 5.82 Å². The first kappa shape index (κ1) is 33.4. The molecule has 1 aliphatic carbocycles. The van der Waals surface area contributed by atoms with Crippen LogP contribution in [0.3, 0.4) is 0 Å². The predicted molar refractivity (Wildman–Crippen MR) is 240 cm³/mol. The van der Waals surface area contributed by atoms with Crippen LogP contribution in [0.1, 0.15) is 23.6 Å². The van der Waals surface area contributed by atoms with Crippen molar-refractivity contribution in [2.24, 2.45) is 0 Å². The minimum atomic E-state index is -0.222. The average Bonchev–Trinajstić information content (AvgIpc) is 3.80. The maximum Gasteiger partial charge on any atom is 0.160 e. The molecule has 0 fully saturated rings. The lowest BCUT2D eigenvalue weighted by Crippen LogP contribution is -2.22. The van der Waals surface area contributed by atoms with Gasteiger partial charge in [0.15, 0.2) is 5.82 Å². The molecule has 0 N–H and O–H groups in total. The summed E-state index contributed by atoms with van der Waals surface area (Å²) < 4.78 is 2.61. The van der Waals surface area contributed by atoms with E-state index < -0.39 is 0 Å². The SMILES string of the molecule is CC1(c2ccc(-c3cccc(-c4cc(-c5cccc(-c6cccc7c6sc6ccccc67)c5)nc(-c5ccccc5)n4)c3)cc2)c2ccccc2-c2ccccc21. The molecule has 3 heteroatoms. The van der Waals surface area contributed by atoms with Crippen molar-refractivity contribution in [2.75, 3.05) is 0 Å². The van der Waals surface area contributed by atoms with Crippen LogP contribution >= 0.6 is 11.3 Å². The van der Waals surface area contributed by atoms with Crippen molar-refractivity contribution >= 4 is 31.5 Å². The van der Waals surface area contributed by atoms with Gasteiger partial charge in [-0.3, -0.25) is 0 Å². The van der Waals surface area contributed by atoms with Crippen molar-refractivity contribution < 1.29 is 0 Å². The van der Waals surface area contributed by atoms with Gasteiger partial charge in [-0.2, -0.15) is 0 Å². The Kier molecular flexibility index (Phi) is 7.84. The van der Waals surface area contributed by atoms with Crippen LogP contribution in [0, 0.1) is 0 Å². The van der Waals surface area contributed by atoms with Gasteiger partial charge in [-0.1, -0.05) is 176 Å². The first-order chi connectivity index (χ1) is 28.1. The van der Waals surface area contributed by atoms with E-state index in [-0.39, 0.29) is 5.41 Å². The summed E-state index contributed by atoms with van der Waals surface area (Å²) in [6.45, 7) is 2.37. The molecule has 0 aliphatic heterocycles. The van der Waals surface area contributed by atoms with Gasteiger partial charge >= 0.3 is 0 Å². The van der Waals surface area contributed by atoms with Crippen molar-refractivity contribution in [2.45, 2.75) is 12.3 Å². The molecule has 2 aromatic heterocycles. The minimum absolute atomic E-state index is 0.222. The van der Waals surface area contributed by atoms with Crippen molar-refractivity contribution in [3.63, 3.8) is 0 Å². The molecule has 0 unspecified atom stereocenters. The number of benzene rings is 8. The van der Waals surface area contributed by atoms with Gasteiger partial charge in [-0.25, -0.2) is 9.97 Å². The maximum atomic E-state index is 5.19. The van der Waals surface area contributed by atoms with Crippen molar-refractivity contribution in [1.29, 1.82) is 0 Å². The number of nitrogens with zero attached hydrogens (tertiary/aromatic N) is 2. The zero-order chi connectivity index (χ0) is 37.9. The Morgan fingerprint density at radius 3 is 1.63 bits per heavy atom. The molecular weight excluding hydrogens is 709 g/mol. The molecule has 0 saturated carbocycles. The van der Waals surface area contributed by atoms with E-state index in [2.05, 4.69) is 189 Å². The lowest BCUT2D eigenvalue weighted by Gasteiger charge is -2.28. The van der Waals surface area contributed by atoms with Crippen LogP contribution in [0.5, 0.6) is 0 Å². The minimum Gasteiger partial charge on any atom is -0.228 e. The Hall–Kier alpha value is -6.94. The molecule has 2 heterocycles. The number of hydrogen-bond donors (Lipinski definition) is 0. The molecule has 0 spiro atoms. The van der Waals surface area contributed by atoms with Crippen LogP contribution in [0.15, 0.2) is 200 Å². The highest BCUT2D eigenvalue weighted by molar-refractivity contribution is 7.26. The standard InChI is InChI=1S/C54H36N2S/c1-54(47-25-8-5-20-43(47)44-21-6-9-26-48(44)54)41-30-28-35(29-31-41)37-16-11-18-39(32-37)49-34-50(56-53(55-49)36-14-3-2-4-15-36)40-19-12-17-38(33-40)42-23-13-24-46-45-22-7-10-27-51(45)57-52(42)46/h2-34H,1H3. The van der Waals surface area contributed by atoms with E-state index in [0.717, 1.165) is 33.6 Å². The lowest BCUT2D eigenvalue weighted by molar-refractivity contribution is 0.714. The topological polar surface area (TPSA) is 25.8 Å². The van der Waals surface area contributed by atoms with Crippen molar-refractivity contribution in [1.82, 2.24) is 9.97 Å². The zero-order valence-corrected chi connectivity index (χ0v) is 32.2. The van der Waals surface area contributed by atoms with Gasteiger partial charge in [0.25, 0.3) is 0 Å². The number of fused-ring (bicyclic) bond motifs is 6. The average molecular weight is 745 g/mol. The third kappa shape index (κ3) is 5.54. The fourth-order valence-corrected chi connectivity index (χ4v) is 10.1. The zero-order valence-electron chi connectivity index (χ0n) is 31.4. The second-order valence-corrected chi connectivity index (χ2v) is 16.1. The second-order valence-electron chi connectivity index (χ2n) is 15.1. The number of rotatable bonds is 6. The number of aromatic nitrogens is 2. The van der Waals surface area contributed by atoms with Gasteiger partial charge in [0.2, 0.25) is 0 Å². The first-order valence-corrected chi connectivity index (χ1v) is 20.3. The summed E-state index contributed by atoms with van der Waals surface area (Å²) in [5.74, 6) is 0.709. The Morgan fingerprint density at radius 1 is 0.386 bits per heavy atom. The van der Waals surface area contributed by atoms with Crippen LogP contribution in [-0.4, -0.2) is 9.97 Å². The molecule has 0 amide bonds. The van der Waals surface area contributed by atoms with Gasteiger partial charge in [-0.05, 0) is 81.3 Å². The molecule has 11 rings (SSSR count).